The first-order chi connectivity index (χ1) is 10.1. The molecular formula is C15H15ClN2OS2. The second-order valence-corrected chi connectivity index (χ2v) is 7.75. The molecule has 0 aliphatic carbocycles. The summed E-state index contributed by atoms with van der Waals surface area (Å²) >= 11 is 9.51. The second-order valence-electron chi connectivity index (χ2n) is 4.81. The number of urea groups is 1. The minimum absolute atomic E-state index is 0.0710. The van der Waals surface area contributed by atoms with Crippen molar-refractivity contribution in [2.24, 2.45) is 0 Å². The summed E-state index contributed by atoms with van der Waals surface area (Å²) in [5, 5.41) is 3.66. The first kappa shape index (κ1) is 14.8. The fourth-order valence-corrected chi connectivity index (χ4v) is 4.82. The average Bonchev–Trinajstić information content (AvgIpc) is 3.06. The van der Waals surface area contributed by atoms with E-state index in [-0.39, 0.29) is 11.4 Å². The van der Waals surface area contributed by atoms with Gasteiger partial charge in [0, 0.05) is 32.8 Å². The maximum Gasteiger partial charge on any atom is 0.323 e. The van der Waals surface area contributed by atoms with E-state index in [2.05, 4.69) is 24.4 Å². The van der Waals surface area contributed by atoms with Crippen molar-refractivity contribution in [3.05, 3.63) is 51.2 Å². The van der Waals surface area contributed by atoms with Crippen LogP contribution in [0.3, 0.4) is 0 Å². The molecule has 3 rings (SSSR count). The smallest absolute Gasteiger partial charge is 0.308 e. The predicted molar refractivity (Wildman–Crippen MR) is 91.4 cm³/mol. The van der Waals surface area contributed by atoms with E-state index in [0.717, 1.165) is 18.0 Å². The number of nitrogens with zero attached hydrogens (tertiary/aromatic N) is 1. The van der Waals surface area contributed by atoms with Gasteiger partial charge < -0.3 is 10.2 Å². The second kappa shape index (κ2) is 6.30. The lowest BCUT2D eigenvalue weighted by atomic mass is 10.3. The summed E-state index contributed by atoms with van der Waals surface area (Å²) in [5.74, 6) is 0.963. The van der Waals surface area contributed by atoms with Gasteiger partial charge in [-0.1, -0.05) is 17.7 Å². The molecule has 1 fully saturated rings. The Morgan fingerprint density at radius 3 is 2.95 bits per heavy atom. The number of carbonyl (C=O) groups excluding carboxylic acids is 1. The Morgan fingerprint density at radius 1 is 1.38 bits per heavy atom. The van der Waals surface area contributed by atoms with Crippen molar-refractivity contribution in [2.45, 2.75) is 12.3 Å². The zero-order valence-corrected chi connectivity index (χ0v) is 13.9. The summed E-state index contributed by atoms with van der Waals surface area (Å²) in [5.41, 5.74) is 0.727. The molecular weight excluding hydrogens is 324 g/mol. The Hall–Kier alpha value is -1.17. The van der Waals surface area contributed by atoms with Crippen molar-refractivity contribution in [1.29, 1.82) is 0 Å². The summed E-state index contributed by atoms with van der Waals surface area (Å²) in [7, 11) is 0. The van der Waals surface area contributed by atoms with Crippen LogP contribution in [0.5, 0.6) is 0 Å². The van der Waals surface area contributed by atoms with Crippen LogP contribution < -0.4 is 5.32 Å². The van der Waals surface area contributed by atoms with Gasteiger partial charge in [0.05, 0.1) is 0 Å². The third kappa shape index (κ3) is 3.36. The minimum atomic E-state index is -0.0710. The number of aryl methyl sites for hydroxylation is 1. The summed E-state index contributed by atoms with van der Waals surface area (Å²) in [6.45, 7) is 2.85. The lowest BCUT2D eigenvalue weighted by Gasteiger charge is -2.23. The largest absolute Gasteiger partial charge is 0.323 e. The van der Waals surface area contributed by atoms with Crippen LogP contribution in [0.1, 0.15) is 15.1 Å². The Morgan fingerprint density at radius 2 is 2.24 bits per heavy atom. The van der Waals surface area contributed by atoms with E-state index in [4.69, 9.17) is 11.6 Å². The highest BCUT2D eigenvalue weighted by atomic mass is 35.5. The van der Waals surface area contributed by atoms with Crippen LogP contribution in [0.25, 0.3) is 0 Å². The molecule has 2 amide bonds. The molecule has 0 bridgehead atoms. The molecule has 0 spiro atoms. The van der Waals surface area contributed by atoms with E-state index < -0.39 is 0 Å². The average molecular weight is 339 g/mol. The maximum absolute atomic E-state index is 12.5. The van der Waals surface area contributed by atoms with Crippen LogP contribution in [-0.2, 0) is 0 Å². The van der Waals surface area contributed by atoms with Crippen molar-refractivity contribution in [1.82, 2.24) is 4.90 Å². The quantitative estimate of drug-likeness (QED) is 0.836. The zero-order chi connectivity index (χ0) is 14.8. The van der Waals surface area contributed by atoms with E-state index in [0.29, 0.717) is 5.02 Å². The van der Waals surface area contributed by atoms with Crippen LogP contribution >= 0.6 is 34.7 Å². The van der Waals surface area contributed by atoms with Crippen LogP contribution in [-0.4, -0.2) is 23.2 Å². The summed E-state index contributed by atoms with van der Waals surface area (Å²) < 4.78 is 0. The van der Waals surface area contributed by atoms with Crippen LogP contribution in [0.15, 0.2) is 36.4 Å². The van der Waals surface area contributed by atoms with Gasteiger partial charge in [-0.3, -0.25) is 0 Å². The van der Waals surface area contributed by atoms with Crippen molar-refractivity contribution in [3.8, 4) is 0 Å². The molecule has 3 nitrogen and oxygen atoms in total. The van der Waals surface area contributed by atoms with Gasteiger partial charge >= 0.3 is 6.03 Å². The number of carbonyl (C=O) groups is 1. The van der Waals surface area contributed by atoms with Crippen molar-refractivity contribution >= 4 is 46.4 Å². The number of amides is 2. The molecule has 1 aromatic heterocycles. The summed E-state index contributed by atoms with van der Waals surface area (Å²) in [4.78, 5) is 16.9. The highest BCUT2D eigenvalue weighted by Crippen LogP contribution is 2.41. The van der Waals surface area contributed by atoms with Crippen molar-refractivity contribution < 1.29 is 4.79 Å². The number of rotatable bonds is 2. The number of hydrogen-bond acceptors (Lipinski definition) is 3. The number of benzene rings is 1. The number of nitrogens with one attached hydrogen (secondary N) is 1. The molecule has 6 heteroatoms. The van der Waals surface area contributed by atoms with Gasteiger partial charge in [-0.2, -0.15) is 0 Å². The van der Waals surface area contributed by atoms with Gasteiger partial charge in [-0.15, -0.1) is 23.1 Å². The van der Waals surface area contributed by atoms with E-state index in [1.165, 1.54) is 9.75 Å². The molecule has 1 aliphatic heterocycles. The fourth-order valence-electron chi connectivity index (χ4n) is 2.26. The topological polar surface area (TPSA) is 32.3 Å². The third-order valence-electron chi connectivity index (χ3n) is 3.23. The molecule has 0 unspecified atom stereocenters. The van der Waals surface area contributed by atoms with E-state index >= 15 is 0 Å². The number of anilines is 1. The number of thioether (sulfide) groups is 1. The van der Waals surface area contributed by atoms with E-state index in [1.807, 2.05) is 28.8 Å². The van der Waals surface area contributed by atoms with Gasteiger partial charge in [0.1, 0.15) is 5.37 Å². The van der Waals surface area contributed by atoms with Gasteiger partial charge in [0.25, 0.3) is 0 Å². The van der Waals surface area contributed by atoms with Crippen LogP contribution in [0.4, 0.5) is 10.5 Å². The molecule has 1 N–H and O–H groups in total. The standard InChI is InChI=1S/C15H15ClN2OS2/c1-10-5-6-13(21-10)14-18(7-8-20-14)15(19)17-12-4-2-3-11(16)9-12/h2-6,9,14H,7-8H2,1H3,(H,17,19)/t14-/m1/s1. The number of thiophene rings is 1. The Kier molecular flexibility index (Phi) is 4.42. The molecule has 0 radical (unpaired) electrons. The zero-order valence-electron chi connectivity index (χ0n) is 11.5. The minimum Gasteiger partial charge on any atom is -0.308 e. The van der Waals surface area contributed by atoms with Crippen LogP contribution in [0.2, 0.25) is 5.02 Å². The van der Waals surface area contributed by atoms with Gasteiger partial charge in [-0.25, -0.2) is 4.79 Å². The molecule has 1 aliphatic rings. The molecule has 2 aromatic rings. The molecule has 21 heavy (non-hydrogen) atoms. The Labute approximate surface area is 137 Å². The van der Waals surface area contributed by atoms with E-state index in [9.17, 15) is 4.79 Å². The molecule has 1 aromatic carbocycles. The van der Waals surface area contributed by atoms with Gasteiger partial charge in [0.2, 0.25) is 0 Å². The highest BCUT2D eigenvalue weighted by molar-refractivity contribution is 7.99. The highest BCUT2D eigenvalue weighted by Gasteiger charge is 2.31. The molecule has 110 valence electrons. The Bertz CT molecular complexity index is 659. The monoisotopic (exact) mass is 338 g/mol. The lowest BCUT2D eigenvalue weighted by molar-refractivity contribution is 0.215. The summed E-state index contributed by atoms with van der Waals surface area (Å²) in [6.07, 6.45) is 0. The maximum atomic E-state index is 12.5. The normalized spacial score (nSPS) is 18.0. The molecule has 1 atom stereocenters. The third-order valence-corrected chi connectivity index (χ3v) is 5.91. The van der Waals surface area contributed by atoms with E-state index in [1.54, 1.807) is 23.5 Å². The Balaban J connectivity index is 1.74. The summed E-state index contributed by atoms with van der Waals surface area (Å²) in [6, 6.07) is 11.4. The first-order valence-corrected chi connectivity index (χ1v) is 8.89. The lowest BCUT2D eigenvalue weighted by Crippen LogP contribution is -2.34. The van der Waals surface area contributed by atoms with Crippen LogP contribution in [0, 0.1) is 6.92 Å². The van der Waals surface area contributed by atoms with Gasteiger partial charge in [-0.05, 0) is 37.3 Å². The molecule has 0 saturated carbocycles. The fraction of sp³-hybridized carbons (Fsp3) is 0.267. The molecule has 2 heterocycles. The number of halogens is 1. The molecule has 1 saturated heterocycles. The van der Waals surface area contributed by atoms with Crippen molar-refractivity contribution in [3.63, 3.8) is 0 Å². The van der Waals surface area contributed by atoms with Gasteiger partial charge in [0.15, 0.2) is 0 Å². The van der Waals surface area contributed by atoms with Crippen molar-refractivity contribution in [2.75, 3.05) is 17.6 Å². The SMILES string of the molecule is Cc1ccc([C@H]2SCCN2C(=O)Nc2cccc(Cl)c2)s1. The predicted octanol–water partition coefficient (Wildman–Crippen LogP) is 4.99. The number of hydrogen-bond donors (Lipinski definition) is 1. The first-order valence-electron chi connectivity index (χ1n) is 6.64.